The molecule has 5 nitrogen and oxygen atoms in total. The highest BCUT2D eigenvalue weighted by Gasteiger charge is 2.21. The molecule has 0 atom stereocenters. The summed E-state index contributed by atoms with van der Waals surface area (Å²) in [6.45, 7) is 8.91. The fourth-order valence-corrected chi connectivity index (χ4v) is 2.89. The Morgan fingerprint density at radius 3 is 2.42 bits per heavy atom. The van der Waals surface area contributed by atoms with Crippen LogP contribution in [0.4, 0.5) is 11.4 Å². The van der Waals surface area contributed by atoms with Crippen LogP contribution in [0.1, 0.15) is 12.5 Å². The molecule has 1 aliphatic heterocycles. The molecule has 19 heavy (non-hydrogen) atoms. The number of piperazine rings is 1. The van der Waals surface area contributed by atoms with Crippen LogP contribution in [0.25, 0.3) is 0 Å². The van der Waals surface area contributed by atoms with Crippen molar-refractivity contribution in [2.45, 2.75) is 13.8 Å². The third-order valence-electron chi connectivity index (χ3n) is 3.59. The summed E-state index contributed by atoms with van der Waals surface area (Å²) in [6, 6.07) is 3.03. The lowest BCUT2D eigenvalue weighted by atomic mass is 10.1. The number of hydrogen-bond acceptors (Lipinski definition) is 4. The highest BCUT2D eigenvalue weighted by Crippen LogP contribution is 2.34. The number of anilines is 1. The number of hydrogen-bond donors (Lipinski definition) is 0. The number of nitro benzene ring substituents is 1. The van der Waals surface area contributed by atoms with Crippen molar-refractivity contribution in [3.63, 3.8) is 0 Å². The molecule has 1 heterocycles. The third-order valence-corrected chi connectivity index (χ3v) is 3.87. The van der Waals surface area contributed by atoms with Gasteiger partial charge in [0.2, 0.25) is 0 Å². The lowest BCUT2D eigenvalue weighted by molar-refractivity contribution is -0.384. The van der Waals surface area contributed by atoms with Crippen molar-refractivity contribution in [2.75, 3.05) is 37.6 Å². The summed E-state index contributed by atoms with van der Waals surface area (Å²) in [6.07, 6.45) is 0. The maximum Gasteiger partial charge on any atom is 0.271 e. The highest BCUT2D eigenvalue weighted by molar-refractivity contribution is 6.33. The van der Waals surface area contributed by atoms with Crippen molar-refractivity contribution < 1.29 is 4.92 Å². The van der Waals surface area contributed by atoms with E-state index in [1.165, 1.54) is 6.07 Å². The van der Waals surface area contributed by atoms with Gasteiger partial charge in [0, 0.05) is 38.3 Å². The molecular formula is C13H18ClN3O2. The largest absolute Gasteiger partial charge is 0.368 e. The summed E-state index contributed by atoms with van der Waals surface area (Å²) < 4.78 is 0. The second-order valence-corrected chi connectivity index (χ2v) is 5.18. The summed E-state index contributed by atoms with van der Waals surface area (Å²) >= 11 is 6.22. The molecule has 1 aliphatic rings. The second kappa shape index (κ2) is 5.75. The van der Waals surface area contributed by atoms with E-state index in [0.29, 0.717) is 5.02 Å². The molecule has 2 rings (SSSR count). The standard InChI is InChI=1S/C13H18ClN3O2/c1-3-15-4-6-16(7-5-15)13-10(2)8-11(17(18)19)9-12(13)14/h8-9H,3-7H2,1-2H3. The Labute approximate surface area is 117 Å². The Balaban J connectivity index is 2.24. The molecule has 0 amide bonds. The van der Waals surface area contributed by atoms with Crippen LogP contribution < -0.4 is 4.90 Å². The van der Waals surface area contributed by atoms with Gasteiger partial charge in [-0.1, -0.05) is 18.5 Å². The van der Waals surface area contributed by atoms with Crippen LogP contribution in [0.3, 0.4) is 0 Å². The fraction of sp³-hybridized carbons (Fsp3) is 0.538. The molecule has 0 aromatic heterocycles. The maximum atomic E-state index is 10.8. The molecule has 1 aromatic carbocycles. The van der Waals surface area contributed by atoms with E-state index in [9.17, 15) is 10.1 Å². The molecule has 0 bridgehead atoms. The topological polar surface area (TPSA) is 49.6 Å². The SMILES string of the molecule is CCN1CCN(c2c(C)cc([N+](=O)[O-])cc2Cl)CC1. The smallest absolute Gasteiger partial charge is 0.271 e. The van der Waals surface area contributed by atoms with Gasteiger partial charge in [0.1, 0.15) is 0 Å². The Hall–Kier alpha value is -1.33. The van der Waals surface area contributed by atoms with Crippen molar-refractivity contribution in [3.05, 3.63) is 32.8 Å². The van der Waals surface area contributed by atoms with Gasteiger partial charge >= 0.3 is 0 Å². The zero-order valence-electron chi connectivity index (χ0n) is 11.2. The Kier molecular flexibility index (Phi) is 4.27. The van der Waals surface area contributed by atoms with Crippen LogP contribution >= 0.6 is 11.6 Å². The van der Waals surface area contributed by atoms with Gasteiger partial charge in [0.15, 0.2) is 0 Å². The van der Waals surface area contributed by atoms with Gasteiger partial charge in [0.05, 0.1) is 15.6 Å². The second-order valence-electron chi connectivity index (χ2n) is 4.77. The van der Waals surface area contributed by atoms with E-state index in [0.717, 1.165) is 44.0 Å². The molecule has 104 valence electrons. The number of aryl methyl sites for hydroxylation is 1. The molecule has 0 radical (unpaired) electrons. The zero-order chi connectivity index (χ0) is 14.0. The van der Waals surface area contributed by atoms with Gasteiger partial charge in [-0.05, 0) is 19.0 Å². The summed E-state index contributed by atoms with van der Waals surface area (Å²) in [5, 5.41) is 11.3. The maximum absolute atomic E-state index is 10.8. The lowest BCUT2D eigenvalue weighted by Gasteiger charge is -2.36. The Bertz CT molecular complexity index is 462. The molecule has 1 saturated heterocycles. The van der Waals surface area contributed by atoms with Crippen LogP contribution in [0, 0.1) is 17.0 Å². The van der Waals surface area contributed by atoms with Crippen molar-refractivity contribution in [1.29, 1.82) is 0 Å². The van der Waals surface area contributed by atoms with Gasteiger partial charge in [-0.2, -0.15) is 0 Å². The first-order valence-electron chi connectivity index (χ1n) is 6.44. The van der Waals surface area contributed by atoms with Crippen molar-refractivity contribution in [1.82, 2.24) is 4.90 Å². The number of halogens is 1. The molecule has 0 spiro atoms. The van der Waals surface area contributed by atoms with Gasteiger partial charge < -0.3 is 9.80 Å². The lowest BCUT2D eigenvalue weighted by Crippen LogP contribution is -2.46. The predicted molar refractivity (Wildman–Crippen MR) is 77.2 cm³/mol. The third kappa shape index (κ3) is 2.98. The highest BCUT2D eigenvalue weighted by atomic mass is 35.5. The van der Waals surface area contributed by atoms with Crippen molar-refractivity contribution >= 4 is 23.0 Å². The number of benzene rings is 1. The van der Waals surface area contributed by atoms with Crippen molar-refractivity contribution in [3.8, 4) is 0 Å². The van der Waals surface area contributed by atoms with Gasteiger partial charge in [-0.15, -0.1) is 0 Å². The molecule has 0 aliphatic carbocycles. The van der Waals surface area contributed by atoms with Crippen LogP contribution in [0.2, 0.25) is 5.02 Å². The van der Waals surface area contributed by atoms with E-state index < -0.39 is 4.92 Å². The minimum absolute atomic E-state index is 0.0541. The predicted octanol–water partition coefficient (Wildman–Crippen LogP) is 2.70. The van der Waals surface area contributed by atoms with Crippen LogP contribution in [0.5, 0.6) is 0 Å². The van der Waals surface area contributed by atoms with Gasteiger partial charge in [-0.25, -0.2) is 0 Å². The first-order chi connectivity index (χ1) is 9.02. The fourth-order valence-electron chi connectivity index (χ4n) is 2.51. The number of likely N-dealkylation sites (N-methyl/N-ethyl adjacent to an activating group) is 1. The van der Waals surface area contributed by atoms with Crippen LogP contribution in [-0.4, -0.2) is 42.5 Å². The molecule has 1 fully saturated rings. The molecule has 0 N–H and O–H groups in total. The van der Waals surface area contributed by atoms with E-state index in [1.54, 1.807) is 6.07 Å². The first-order valence-corrected chi connectivity index (χ1v) is 6.82. The molecular weight excluding hydrogens is 266 g/mol. The quantitative estimate of drug-likeness (QED) is 0.632. The normalized spacial score (nSPS) is 16.7. The van der Waals surface area contributed by atoms with E-state index >= 15 is 0 Å². The summed E-state index contributed by atoms with van der Waals surface area (Å²) in [5.74, 6) is 0. The summed E-state index contributed by atoms with van der Waals surface area (Å²) in [4.78, 5) is 15.0. The molecule has 0 unspecified atom stereocenters. The number of rotatable bonds is 3. The van der Waals surface area contributed by atoms with Gasteiger partial charge in [0.25, 0.3) is 5.69 Å². The minimum Gasteiger partial charge on any atom is -0.368 e. The number of nitro groups is 1. The van der Waals surface area contributed by atoms with Crippen LogP contribution in [0.15, 0.2) is 12.1 Å². The monoisotopic (exact) mass is 283 g/mol. The zero-order valence-corrected chi connectivity index (χ0v) is 12.0. The molecule has 1 aromatic rings. The van der Waals surface area contributed by atoms with E-state index in [4.69, 9.17) is 11.6 Å². The molecule has 0 saturated carbocycles. The summed E-state index contributed by atoms with van der Waals surface area (Å²) in [7, 11) is 0. The van der Waals surface area contributed by atoms with E-state index in [1.807, 2.05) is 6.92 Å². The number of non-ortho nitro benzene ring substituents is 1. The summed E-state index contributed by atoms with van der Waals surface area (Å²) in [5.41, 5.74) is 1.85. The average Bonchev–Trinajstić information content (AvgIpc) is 2.38. The van der Waals surface area contributed by atoms with E-state index in [-0.39, 0.29) is 5.69 Å². The Morgan fingerprint density at radius 2 is 1.95 bits per heavy atom. The van der Waals surface area contributed by atoms with Crippen molar-refractivity contribution in [2.24, 2.45) is 0 Å². The number of nitrogens with zero attached hydrogens (tertiary/aromatic N) is 3. The van der Waals surface area contributed by atoms with E-state index in [2.05, 4.69) is 16.7 Å². The first kappa shape index (κ1) is 14.1. The van der Waals surface area contributed by atoms with Gasteiger partial charge in [-0.3, -0.25) is 10.1 Å². The minimum atomic E-state index is -0.405. The molecule has 6 heteroatoms. The average molecular weight is 284 g/mol. The Morgan fingerprint density at radius 1 is 1.32 bits per heavy atom. The van der Waals surface area contributed by atoms with Crippen LogP contribution in [-0.2, 0) is 0 Å².